The lowest BCUT2D eigenvalue weighted by molar-refractivity contribution is 0.117. The van der Waals surface area contributed by atoms with E-state index < -0.39 is 45.7 Å². The second-order valence-corrected chi connectivity index (χ2v) is 3.53. The lowest BCUT2D eigenvalue weighted by Crippen LogP contribution is -2.33. The van der Waals surface area contributed by atoms with E-state index in [-0.39, 0.29) is 117 Å². The second-order valence-electron chi connectivity index (χ2n) is 2.33. The molecule has 0 radical (unpaired) electrons. The molecule has 0 saturated carbocycles. The Morgan fingerprint density at radius 2 is 0.182 bits per heavy atom. The van der Waals surface area contributed by atoms with Crippen LogP contribution in [0.25, 0.3) is 0 Å². The van der Waals surface area contributed by atoms with Gasteiger partial charge in [0, 0.05) is 0 Å². The molecule has 0 rings (SSSR count). The van der Waals surface area contributed by atoms with E-state index in [1.54, 1.807) is 0 Å². The van der Waals surface area contributed by atoms with Crippen LogP contribution in [-0.2, 0) is 0 Å². The van der Waals surface area contributed by atoms with Crippen molar-refractivity contribution in [3.8, 4) is 0 Å². The third-order valence-electron chi connectivity index (χ3n) is 0. The fourth-order valence-corrected chi connectivity index (χ4v) is 0. The summed E-state index contributed by atoms with van der Waals surface area (Å²) in [7, 11) is -15.4. The molecule has 0 atom stereocenters. The number of hydrogen-bond donors (Lipinski definition) is 38. The van der Waals surface area contributed by atoms with Crippen LogP contribution in [0.3, 0.4) is 0 Å². The molecule has 0 aromatic carbocycles. The van der Waals surface area contributed by atoms with Crippen LogP contribution < -0.4 is 117 Å². The van der Waals surface area contributed by atoms with Crippen molar-refractivity contribution >= 4 is 45.7 Å². The Balaban J connectivity index is -0.00000000395. The lowest BCUT2D eigenvalue weighted by Gasteiger charge is -1.91. The smallest absolute Gasteiger partial charge is 0.402 e. The van der Waals surface area contributed by atoms with E-state index in [0.29, 0.717) is 0 Å². The summed E-state index contributed by atoms with van der Waals surface area (Å²) in [6.07, 6.45) is 0. The van der Waals surface area contributed by atoms with Crippen LogP contribution in [0.1, 0.15) is 0 Å². The van der Waals surface area contributed by atoms with Gasteiger partial charge in [-0.25, -0.2) is 0 Å². The Kier molecular flexibility index (Phi) is 938. The maximum atomic E-state index is 7.33. The molecule has 304 valence electrons. The maximum absolute atomic E-state index is 7.33. The first-order chi connectivity index (χ1) is 10.7. The zero-order valence-electron chi connectivity index (χ0n) is 25.3. The predicted octanol–water partition coefficient (Wildman–Crippen LogP) is -9.79. The van der Waals surface area contributed by atoms with E-state index in [0.717, 1.165) is 0 Å². The highest BCUT2D eigenvalue weighted by Gasteiger charge is 2.22. The van der Waals surface area contributed by atoms with Crippen LogP contribution in [0.4, 0.5) is 0 Å². The molecule has 76 N–H and O–H groups in total. The van der Waals surface area contributed by atoms with Gasteiger partial charge in [-0.2, -0.15) is 0 Å². The summed E-state index contributed by atoms with van der Waals surface area (Å²) in [6, 6.07) is 0. The van der Waals surface area contributed by atoms with Crippen molar-refractivity contribution in [3.05, 3.63) is 0 Å². The van der Waals surface area contributed by atoms with E-state index in [9.17, 15) is 0 Å². The van der Waals surface area contributed by atoms with Crippen molar-refractivity contribution in [2.24, 2.45) is 0 Å². The van der Waals surface area contributed by atoms with Gasteiger partial charge in [0.05, 0.1) is 0 Å². The molecule has 44 heteroatoms. The maximum Gasteiger partial charge on any atom is 0.668 e. The summed E-state index contributed by atoms with van der Waals surface area (Å²) < 4.78 is 0. The molecule has 0 heterocycles. The summed E-state index contributed by atoms with van der Waals surface area (Å²) in [5, 5.41) is 108. The molecule has 44 heavy (non-hydrogen) atoms. The highest BCUT2D eigenvalue weighted by atomic mass is 28.4. The van der Waals surface area contributed by atoms with Crippen molar-refractivity contribution < 1.29 is 94.5 Å². The first kappa shape index (κ1) is 234. The van der Waals surface area contributed by atoms with Crippen LogP contribution in [0.5, 0.6) is 0 Å². The molecule has 0 fully saturated rings. The molecule has 0 bridgehead atoms. The monoisotopic (exact) mass is 730 g/mol. The number of hydrogen-bond acceptors (Lipinski definition) is 38. The summed E-state index contributed by atoms with van der Waals surface area (Å²) in [4.78, 5) is 29.3. The third-order valence-corrected chi connectivity index (χ3v) is 0. The van der Waals surface area contributed by atoms with Crippen molar-refractivity contribution in [3.63, 3.8) is 0 Å². The zero-order chi connectivity index (χ0) is 22.4. The molecule has 0 saturated heterocycles. The molecular formula is H76B5N19O19Si. The average Bonchev–Trinajstić information content (AvgIpc) is 2.06. The van der Waals surface area contributed by atoms with Gasteiger partial charge in [-0.1, -0.05) is 0 Å². The molecule has 0 aromatic heterocycles. The van der Waals surface area contributed by atoms with Gasteiger partial charge < -0.3 is 211 Å². The average molecular weight is 729 g/mol. The van der Waals surface area contributed by atoms with Gasteiger partial charge in [0.2, 0.25) is 0 Å². The van der Waals surface area contributed by atoms with Gasteiger partial charge >= 0.3 is 45.7 Å². The molecule has 0 spiro atoms. The Morgan fingerprint density at radius 3 is 0.182 bits per heavy atom. The Bertz CT molecular complexity index is 178. The molecule has 0 aliphatic heterocycles. The minimum Gasteiger partial charge on any atom is -0.402 e. The van der Waals surface area contributed by atoms with E-state index in [2.05, 4.69) is 0 Å². The lowest BCUT2D eigenvalue weighted by atomic mass is 10.3. The molecule has 0 unspecified atom stereocenters. The van der Waals surface area contributed by atoms with Crippen LogP contribution >= 0.6 is 0 Å². The molecule has 0 aromatic rings. The van der Waals surface area contributed by atoms with Gasteiger partial charge in [-0.05, 0) is 0 Å². The van der Waals surface area contributed by atoms with Gasteiger partial charge in [-0.3, -0.25) is 0 Å². The van der Waals surface area contributed by atoms with Crippen LogP contribution in [0, 0.1) is 0 Å². The van der Waals surface area contributed by atoms with Gasteiger partial charge in [0.15, 0.2) is 0 Å². The minimum atomic E-state index is -4.61. The SMILES string of the molecule is N.N.N.N.N.N.N.N.N.N.N.N.N.N.N.N.N.N.N.OB(O)O.OB(O)O.OB(O)O.OB(O)O.OB(O)O.O[Si](O)(O)O. The summed E-state index contributed by atoms with van der Waals surface area (Å²) in [6.45, 7) is 0. The predicted molar refractivity (Wildman–Crippen MR) is 172 cm³/mol. The number of rotatable bonds is 0. The molecule has 0 amide bonds. The van der Waals surface area contributed by atoms with Crippen LogP contribution in [0.15, 0.2) is 0 Å². The Hall–Kier alpha value is -0.978. The van der Waals surface area contributed by atoms with Crippen LogP contribution in [0.2, 0.25) is 0 Å². The first-order valence-corrected chi connectivity index (χ1v) is 6.56. The molecular weight excluding hydrogens is 652 g/mol. The molecule has 38 nitrogen and oxygen atoms in total. The van der Waals surface area contributed by atoms with E-state index in [4.69, 9.17) is 94.5 Å². The molecule has 0 aliphatic carbocycles. The van der Waals surface area contributed by atoms with Crippen molar-refractivity contribution in [1.29, 1.82) is 0 Å². The van der Waals surface area contributed by atoms with Crippen molar-refractivity contribution in [2.45, 2.75) is 0 Å². The van der Waals surface area contributed by atoms with Gasteiger partial charge in [0.25, 0.3) is 0 Å². The summed E-state index contributed by atoms with van der Waals surface area (Å²) in [5.74, 6) is 0. The van der Waals surface area contributed by atoms with E-state index >= 15 is 0 Å². The van der Waals surface area contributed by atoms with Crippen molar-refractivity contribution in [1.82, 2.24) is 117 Å². The van der Waals surface area contributed by atoms with E-state index in [1.165, 1.54) is 0 Å². The quantitative estimate of drug-likeness (QED) is 0.103. The van der Waals surface area contributed by atoms with Crippen molar-refractivity contribution in [2.75, 3.05) is 0 Å². The first-order valence-electron chi connectivity index (χ1n) is 4.77. The van der Waals surface area contributed by atoms with Crippen LogP contribution in [-0.4, -0.2) is 140 Å². The minimum absolute atomic E-state index is 0. The normalized spacial score (nSPS) is 4.43. The third kappa shape index (κ3) is 68600. The van der Waals surface area contributed by atoms with Gasteiger partial charge in [-0.15, -0.1) is 0 Å². The topological polar surface area (TPSA) is 1050 Å². The highest BCUT2D eigenvalue weighted by Crippen LogP contribution is 1.67. The second kappa shape index (κ2) is 176. The fraction of sp³-hybridized carbons (Fsp3) is 0. The Morgan fingerprint density at radius 1 is 0.182 bits per heavy atom. The molecule has 0 aliphatic rings. The van der Waals surface area contributed by atoms with E-state index in [1.807, 2.05) is 0 Å². The Labute approximate surface area is 258 Å². The standard InChI is InChI=1S/5BH3O3.19H3N.H4O4Si/c5*2-1(3)4;;;;;;;;;;;;;;;;;;;;1-5(2,3)4/h5*2-4H;19*1H3;1-4H. The fourth-order valence-electron chi connectivity index (χ4n) is 0. The highest BCUT2D eigenvalue weighted by molar-refractivity contribution is 6.46. The summed E-state index contributed by atoms with van der Waals surface area (Å²) >= 11 is 0. The largest absolute Gasteiger partial charge is 0.668 e. The summed E-state index contributed by atoms with van der Waals surface area (Å²) in [5.41, 5.74) is 0. The zero-order valence-corrected chi connectivity index (χ0v) is 26.3. The van der Waals surface area contributed by atoms with Gasteiger partial charge in [0.1, 0.15) is 0 Å².